The molecule has 0 aliphatic carbocycles. The molecule has 5 heteroatoms. The fourth-order valence-electron chi connectivity index (χ4n) is 4.30. The second-order valence-corrected chi connectivity index (χ2v) is 8.70. The number of nitrogens with zero attached hydrogens (tertiary/aromatic N) is 2. The molecule has 33 heavy (non-hydrogen) atoms. The predicted molar refractivity (Wildman–Crippen MR) is 136 cm³/mol. The summed E-state index contributed by atoms with van der Waals surface area (Å²) < 4.78 is 0. The van der Waals surface area contributed by atoms with Crippen LogP contribution in [0.3, 0.4) is 0 Å². The highest BCUT2D eigenvalue weighted by Crippen LogP contribution is 2.32. The Bertz CT molecular complexity index is 1030. The van der Waals surface area contributed by atoms with Crippen molar-refractivity contribution < 1.29 is 4.79 Å². The SMILES string of the molecule is C=CCC(CC)NC(=O)Nc1cc(C(=C)N2CCC(c3ccc(C#N)cc3)CC2)ccc1C. The van der Waals surface area contributed by atoms with Gasteiger partial charge in [0.15, 0.2) is 0 Å². The monoisotopic (exact) mass is 442 g/mol. The zero-order chi connectivity index (χ0) is 23.8. The molecule has 2 amide bonds. The number of likely N-dealkylation sites (tertiary alicyclic amines) is 1. The van der Waals surface area contributed by atoms with E-state index < -0.39 is 0 Å². The fourth-order valence-corrected chi connectivity index (χ4v) is 4.30. The maximum absolute atomic E-state index is 12.5. The minimum absolute atomic E-state index is 0.0818. The first kappa shape index (κ1) is 24.1. The van der Waals surface area contributed by atoms with E-state index in [4.69, 9.17) is 5.26 Å². The van der Waals surface area contributed by atoms with E-state index in [-0.39, 0.29) is 12.1 Å². The quantitative estimate of drug-likeness (QED) is 0.479. The number of hydrogen-bond acceptors (Lipinski definition) is 3. The van der Waals surface area contributed by atoms with Gasteiger partial charge < -0.3 is 15.5 Å². The van der Waals surface area contributed by atoms with Crippen LogP contribution in [-0.2, 0) is 0 Å². The molecule has 0 spiro atoms. The lowest BCUT2D eigenvalue weighted by Gasteiger charge is -2.35. The number of hydrogen-bond donors (Lipinski definition) is 2. The average Bonchev–Trinajstić information content (AvgIpc) is 2.84. The number of benzene rings is 2. The van der Waals surface area contributed by atoms with Gasteiger partial charge in [-0.25, -0.2) is 4.79 Å². The van der Waals surface area contributed by atoms with Crippen LogP contribution in [0.5, 0.6) is 0 Å². The molecule has 1 saturated heterocycles. The first-order chi connectivity index (χ1) is 15.9. The van der Waals surface area contributed by atoms with Crippen LogP contribution in [0.25, 0.3) is 5.70 Å². The van der Waals surface area contributed by atoms with Crippen LogP contribution in [0.4, 0.5) is 10.5 Å². The minimum atomic E-state index is -0.196. The number of amides is 2. The molecule has 5 nitrogen and oxygen atoms in total. The molecule has 2 aromatic carbocycles. The number of piperidine rings is 1. The van der Waals surface area contributed by atoms with Gasteiger partial charge >= 0.3 is 6.03 Å². The molecule has 2 aromatic rings. The average molecular weight is 443 g/mol. The van der Waals surface area contributed by atoms with Gasteiger partial charge in [-0.05, 0) is 73.4 Å². The highest BCUT2D eigenvalue weighted by molar-refractivity contribution is 5.91. The molecule has 0 aromatic heterocycles. The van der Waals surface area contributed by atoms with Crippen molar-refractivity contribution in [2.24, 2.45) is 0 Å². The van der Waals surface area contributed by atoms with Crippen molar-refractivity contribution in [1.29, 1.82) is 5.26 Å². The standard InChI is InChI=1S/C28H34N4O/c1-5-7-26(6-2)30-28(33)31-27-18-25(11-8-20(27)3)21(4)32-16-14-24(15-17-32)23-12-9-22(19-29)10-13-23/h5,8-13,18,24,26H,1,4,6-7,14-17H2,2-3H3,(H2,30,31,33). The van der Waals surface area contributed by atoms with Crippen molar-refractivity contribution >= 4 is 17.4 Å². The molecule has 1 heterocycles. The summed E-state index contributed by atoms with van der Waals surface area (Å²) in [5.74, 6) is 0.503. The molecule has 3 rings (SSSR count). The van der Waals surface area contributed by atoms with Crippen LogP contribution in [-0.4, -0.2) is 30.1 Å². The molecule has 0 radical (unpaired) electrons. The molecule has 172 valence electrons. The number of urea groups is 1. The van der Waals surface area contributed by atoms with Gasteiger partial charge in [0.25, 0.3) is 0 Å². The molecular weight excluding hydrogens is 408 g/mol. The highest BCUT2D eigenvalue weighted by Gasteiger charge is 2.22. The summed E-state index contributed by atoms with van der Waals surface area (Å²) in [5.41, 5.74) is 5.81. The number of carbonyl (C=O) groups is 1. The Hall–Kier alpha value is -3.52. The van der Waals surface area contributed by atoms with E-state index in [0.29, 0.717) is 11.5 Å². The maximum atomic E-state index is 12.5. The summed E-state index contributed by atoms with van der Waals surface area (Å²) in [7, 11) is 0. The predicted octanol–water partition coefficient (Wildman–Crippen LogP) is 6.19. The van der Waals surface area contributed by atoms with Crippen molar-refractivity contribution in [3.8, 4) is 6.07 Å². The lowest BCUT2D eigenvalue weighted by atomic mass is 9.88. The Morgan fingerprint density at radius 3 is 2.55 bits per heavy atom. The van der Waals surface area contributed by atoms with E-state index >= 15 is 0 Å². The second kappa shape index (κ2) is 11.4. The van der Waals surface area contributed by atoms with E-state index in [2.05, 4.69) is 59.9 Å². The number of carbonyl (C=O) groups excluding carboxylic acids is 1. The second-order valence-electron chi connectivity index (χ2n) is 8.70. The molecule has 0 bridgehead atoms. The van der Waals surface area contributed by atoms with Crippen LogP contribution in [0.2, 0.25) is 0 Å². The Balaban J connectivity index is 1.61. The molecule has 1 fully saturated rings. The Labute approximate surface area is 197 Å². The summed E-state index contributed by atoms with van der Waals surface area (Å²) in [6.07, 6.45) is 5.53. The first-order valence-corrected chi connectivity index (χ1v) is 11.7. The third-order valence-corrected chi connectivity index (χ3v) is 6.49. The first-order valence-electron chi connectivity index (χ1n) is 11.7. The molecule has 1 atom stereocenters. The Morgan fingerprint density at radius 2 is 1.94 bits per heavy atom. The van der Waals surface area contributed by atoms with Gasteiger partial charge in [-0.2, -0.15) is 5.26 Å². The Morgan fingerprint density at radius 1 is 1.24 bits per heavy atom. The summed E-state index contributed by atoms with van der Waals surface area (Å²) >= 11 is 0. The maximum Gasteiger partial charge on any atom is 0.319 e. The molecule has 2 N–H and O–H groups in total. The highest BCUT2D eigenvalue weighted by atomic mass is 16.2. The van der Waals surface area contributed by atoms with Crippen LogP contribution in [0, 0.1) is 18.3 Å². The Kier molecular flexibility index (Phi) is 8.32. The number of nitrogens with one attached hydrogen (secondary N) is 2. The van der Waals surface area contributed by atoms with E-state index in [1.165, 1.54) is 5.56 Å². The van der Waals surface area contributed by atoms with Gasteiger partial charge in [-0.3, -0.25) is 0 Å². The minimum Gasteiger partial charge on any atom is -0.371 e. The van der Waals surface area contributed by atoms with Gasteiger partial charge in [0.05, 0.1) is 11.6 Å². The molecule has 0 saturated carbocycles. The normalized spacial score (nSPS) is 14.8. The number of nitriles is 1. The number of anilines is 1. The number of rotatable bonds is 8. The zero-order valence-electron chi connectivity index (χ0n) is 19.7. The molecule has 1 aliphatic heterocycles. The van der Waals surface area contributed by atoms with Crippen molar-refractivity contribution in [2.75, 3.05) is 18.4 Å². The van der Waals surface area contributed by atoms with Gasteiger partial charge in [0.1, 0.15) is 0 Å². The lowest BCUT2D eigenvalue weighted by Crippen LogP contribution is -2.37. The van der Waals surface area contributed by atoms with E-state index in [0.717, 1.165) is 61.3 Å². The summed E-state index contributed by atoms with van der Waals surface area (Å²) in [4.78, 5) is 14.8. The van der Waals surface area contributed by atoms with E-state index in [1.807, 2.05) is 37.3 Å². The van der Waals surface area contributed by atoms with Gasteiger partial charge in [-0.15, -0.1) is 6.58 Å². The van der Waals surface area contributed by atoms with Crippen molar-refractivity contribution in [1.82, 2.24) is 10.2 Å². The largest absolute Gasteiger partial charge is 0.371 e. The van der Waals surface area contributed by atoms with Gasteiger partial charge in [0.2, 0.25) is 0 Å². The van der Waals surface area contributed by atoms with Crippen LogP contribution < -0.4 is 10.6 Å². The summed E-state index contributed by atoms with van der Waals surface area (Å²) in [6.45, 7) is 14.0. The third-order valence-electron chi connectivity index (χ3n) is 6.49. The lowest BCUT2D eigenvalue weighted by molar-refractivity contribution is 0.248. The fraction of sp³-hybridized carbons (Fsp3) is 0.357. The van der Waals surface area contributed by atoms with E-state index in [1.54, 1.807) is 0 Å². The molecule has 1 unspecified atom stereocenters. The van der Waals surface area contributed by atoms with Gasteiger partial charge in [-0.1, -0.05) is 43.8 Å². The molecule has 1 aliphatic rings. The number of aryl methyl sites for hydroxylation is 1. The van der Waals surface area contributed by atoms with E-state index in [9.17, 15) is 4.79 Å². The van der Waals surface area contributed by atoms with Crippen molar-refractivity contribution in [3.05, 3.63) is 84.0 Å². The van der Waals surface area contributed by atoms with Crippen LogP contribution in [0.15, 0.2) is 61.7 Å². The van der Waals surface area contributed by atoms with Crippen molar-refractivity contribution in [3.63, 3.8) is 0 Å². The van der Waals surface area contributed by atoms with Gasteiger partial charge in [0, 0.05) is 30.5 Å². The van der Waals surface area contributed by atoms with Crippen molar-refractivity contribution in [2.45, 2.75) is 51.5 Å². The molecular formula is C28H34N4O. The van der Waals surface area contributed by atoms with Crippen LogP contribution >= 0.6 is 0 Å². The smallest absolute Gasteiger partial charge is 0.319 e. The zero-order valence-corrected chi connectivity index (χ0v) is 19.7. The summed E-state index contributed by atoms with van der Waals surface area (Å²) in [6, 6.07) is 16.1. The summed E-state index contributed by atoms with van der Waals surface area (Å²) in [5, 5.41) is 15.0. The topological polar surface area (TPSA) is 68.2 Å². The van der Waals surface area contributed by atoms with Crippen LogP contribution in [0.1, 0.15) is 60.8 Å². The third kappa shape index (κ3) is 6.26.